The molecule has 1 amide bonds. The van der Waals surface area contributed by atoms with Crippen molar-refractivity contribution in [2.45, 2.75) is 56.9 Å². The summed E-state index contributed by atoms with van der Waals surface area (Å²) in [6.45, 7) is 1.53. The van der Waals surface area contributed by atoms with Gasteiger partial charge in [0.2, 0.25) is 17.6 Å². The number of piperidine rings is 1. The highest BCUT2D eigenvalue weighted by atomic mass is 35.5. The lowest BCUT2D eigenvalue weighted by atomic mass is 9.65. The Balaban J connectivity index is 0.00000136. The van der Waals surface area contributed by atoms with Crippen LogP contribution in [0.15, 0.2) is 28.9 Å². The fourth-order valence-corrected chi connectivity index (χ4v) is 5.60. The van der Waals surface area contributed by atoms with Crippen molar-refractivity contribution in [2.24, 2.45) is 23.5 Å². The van der Waals surface area contributed by atoms with E-state index in [1.165, 1.54) is 19.3 Å². The molecular formula is C22H31Cl2N5O2. The number of pyridine rings is 1. The summed E-state index contributed by atoms with van der Waals surface area (Å²) in [7, 11) is 0. The summed E-state index contributed by atoms with van der Waals surface area (Å²) in [6.07, 6.45) is 9.09. The molecule has 0 radical (unpaired) electrons. The topological polar surface area (TPSA) is 98.1 Å². The van der Waals surface area contributed by atoms with Crippen LogP contribution in [0.5, 0.6) is 0 Å². The molecule has 2 unspecified atom stereocenters. The van der Waals surface area contributed by atoms with E-state index in [4.69, 9.17) is 10.3 Å². The van der Waals surface area contributed by atoms with Crippen molar-refractivity contribution < 1.29 is 9.32 Å². The Hall–Kier alpha value is -1.70. The quantitative estimate of drug-likeness (QED) is 0.735. The van der Waals surface area contributed by atoms with Crippen LogP contribution in [-0.2, 0) is 4.79 Å². The first-order valence-electron chi connectivity index (χ1n) is 11.0. The van der Waals surface area contributed by atoms with Crippen LogP contribution in [0, 0.1) is 17.8 Å². The standard InChI is InChI=1S/C22H29N5O2.2ClH/c23-19-15-4-3-5-16(19)13-17(12-15)22(28)27-10-7-14(8-11-27)21-25-20(26-29-21)18-6-1-2-9-24-18;;/h1-2,6,9,14-17,19H,3-5,7-8,10-13,23H2;2*1H. The maximum absolute atomic E-state index is 13.1. The molecule has 2 saturated carbocycles. The lowest BCUT2D eigenvalue weighted by molar-refractivity contribution is -0.139. The molecule has 2 N–H and O–H groups in total. The lowest BCUT2D eigenvalue weighted by Gasteiger charge is -2.45. The summed E-state index contributed by atoms with van der Waals surface area (Å²) < 4.78 is 5.51. The van der Waals surface area contributed by atoms with Crippen LogP contribution in [0.1, 0.15) is 56.8 Å². The Kier molecular flexibility index (Phi) is 7.94. The minimum atomic E-state index is 0. The first-order chi connectivity index (χ1) is 14.2. The highest BCUT2D eigenvalue weighted by molar-refractivity contribution is 5.85. The fourth-order valence-electron chi connectivity index (χ4n) is 5.60. The third-order valence-electron chi connectivity index (χ3n) is 7.25. The van der Waals surface area contributed by atoms with Crippen molar-refractivity contribution in [3.63, 3.8) is 0 Å². The molecule has 0 spiro atoms. The maximum Gasteiger partial charge on any atom is 0.230 e. The number of halogens is 2. The second kappa shape index (κ2) is 10.3. The Morgan fingerprint density at radius 2 is 1.77 bits per heavy atom. The predicted molar refractivity (Wildman–Crippen MR) is 122 cm³/mol. The average Bonchev–Trinajstić information content (AvgIpc) is 3.24. The molecule has 3 fully saturated rings. The Morgan fingerprint density at radius 1 is 1.06 bits per heavy atom. The number of nitrogens with zero attached hydrogens (tertiary/aromatic N) is 4. The van der Waals surface area contributed by atoms with Gasteiger partial charge in [-0.15, -0.1) is 24.8 Å². The summed E-state index contributed by atoms with van der Waals surface area (Å²) in [5.74, 6) is 2.99. The van der Waals surface area contributed by atoms with Crippen molar-refractivity contribution >= 4 is 30.7 Å². The predicted octanol–water partition coefficient (Wildman–Crippen LogP) is 3.83. The SMILES string of the molecule is Cl.Cl.NC1C2CCCC1CC(C(=O)N1CCC(c3nc(-c4ccccn4)no3)CC1)C2. The molecule has 3 heterocycles. The van der Waals surface area contributed by atoms with E-state index < -0.39 is 0 Å². The van der Waals surface area contributed by atoms with E-state index in [0.717, 1.165) is 44.5 Å². The number of likely N-dealkylation sites (tertiary alicyclic amines) is 1. The molecule has 5 rings (SSSR count). The van der Waals surface area contributed by atoms with Crippen LogP contribution in [0.4, 0.5) is 0 Å². The van der Waals surface area contributed by atoms with Crippen molar-refractivity contribution in [3.8, 4) is 11.5 Å². The number of nitrogens with two attached hydrogens (primary N) is 1. The Bertz CT molecular complexity index is 843. The third kappa shape index (κ3) is 4.89. The molecule has 2 bridgehead atoms. The molecular weight excluding hydrogens is 437 g/mol. The summed E-state index contributed by atoms with van der Waals surface area (Å²) in [6, 6.07) is 5.96. The van der Waals surface area contributed by atoms with Gasteiger partial charge in [0, 0.05) is 37.2 Å². The van der Waals surface area contributed by atoms with Crippen LogP contribution in [0.2, 0.25) is 0 Å². The summed E-state index contributed by atoms with van der Waals surface area (Å²) >= 11 is 0. The second-order valence-electron chi connectivity index (χ2n) is 8.97. The van der Waals surface area contributed by atoms with Crippen molar-refractivity contribution in [3.05, 3.63) is 30.3 Å². The Labute approximate surface area is 195 Å². The fraction of sp³-hybridized carbons (Fsp3) is 0.636. The van der Waals surface area contributed by atoms with Crippen LogP contribution >= 0.6 is 24.8 Å². The van der Waals surface area contributed by atoms with Gasteiger partial charge in [-0.2, -0.15) is 4.98 Å². The number of amides is 1. The van der Waals surface area contributed by atoms with Gasteiger partial charge in [0.25, 0.3) is 0 Å². The number of carbonyl (C=O) groups is 1. The summed E-state index contributed by atoms with van der Waals surface area (Å²) in [5.41, 5.74) is 7.12. The van der Waals surface area contributed by atoms with Crippen LogP contribution in [0.25, 0.3) is 11.5 Å². The van der Waals surface area contributed by atoms with E-state index in [0.29, 0.717) is 35.5 Å². The zero-order chi connectivity index (χ0) is 19.8. The minimum Gasteiger partial charge on any atom is -0.342 e. The summed E-state index contributed by atoms with van der Waals surface area (Å²) in [4.78, 5) is 24.0. The first kappa shape index (κ1) is 24.0. The zero-order valence-corrected chi connectivity index (χ0v) is 19.2. The molecule has 2 atom stereocenters. The van der Waals surface area contributed by atoms with Gasteiger partial charge in [-0.05, 0) is 62.5 Å². The number of hydrogen-bond donors (Lipinski definition) is 1. The van der Waals surface area contributed by atoms with Gasteiger partial charge in [-0.3, -0.25) is 9.78 Å². The van der Waals surface area contributed by atoms with Crippen molar-refractivity contribution in [1.29, 1.82) is 0 Å². The molecule has 9 heteroatoms. The van der Waals surface area contributed by atoms with Gasteiger partial charge in [-0.25, -0.2) is 0 Å². The van der Waals surface area contributed by atoms with E-state index in [1.807, 2.05) is 18.2 Å². The molecule has 2 aromatic heterocycles. The molecule has 3 aliphatic rings. The zero-order valence-electron chi connectivity index (χ0n) is 17.6. The molecule has 2 aliphatic carbocycles. The molecule has 7 nitrogen and oxygen atoms in total. The van der Waals surface area contributed by atoms with E-state index in [2.05, 4.69) is 20.0 Å². The molecule has 31 heavy (non-hydrogen) atoms. The smallest absolute Gasteiger partial charge is 0.230 e. The van der Waals surface area contributed by atoms with Gasteiger partial charge >= 0.3 is 0 Å². The molecule has 0 aromatic carbocycles. The lowest BCUT2D eigenvalue weighted by Crippen LogP contribution is -2.50. The first-order valence-corrected chi connectivity index (χ1v) is 11.0. The van der Waals surface area contributed by atoms with E-state index >= 15 is 0 Å². The maximum atomic E-state index is 13.1. The monoisotopic (exact) mass is 467 g/mol. The molecule has 170 valence electrons. The van der Waals surface area contributed by atoms with Gasteiger partial charge in [0.1, 0.15) is 5.69 Å². The molecule has 2 aromatic rings. The van der Waals surface area contributed by atoms with E-state index in [-0.39, 0.29) is 36.6 Å². The summed E-state index contributed by atoms with van der Waals surface area (Å²) in [5, 5.41) is 4.09. The number of carbonyl (C=O) groups excluding carboxylic acids is 1. The van der Waals surface area contributed by atoms with Crippen LogP contribution in [-0.4, -0.2) is 45.1 Å². The van der Waals surface area contributed by atoms with Gasteiger partial charge in [0.15, 0.2) is 0 Å². The number of hydrogen-bond acceptors (Lipinski definition) is 6. The Morgan fingerprint density at radius 3 is 2.42 bits per heavy atom. The highest BCUT2D eigenvalue weighted by Gasteiger charge is 2.42. The number of aromatic nitrogens is 3. The van der Waals surface area contributed by atoms with Crippen LogP contribution < -0.4 is 5.73 Å². The normalized spacial score (nSPS) is 28.4. The van der Waals surface area contributed by atoms with Gasteiger partial charge in [-0.1, -0.05) is 17.6 Å². The van der Waals surface area contributed by atoms with Crippen LogP contribution in [0.3, 0.4) is 0 Å². The van der Waals surface area contributed by atoms with Crippen molar-refractivity contribution in [1.82, 2.24) is 20.0 Å². The van der Waals surface area contributed by atoms with Gasteiger partial charge < -0.3 is 15.2 Å². The largest absolute Gasteiger partial charge is 0.342 e. The number of fused-ring (bicyclic) bond motifs is 2. The van der Waals surface area contributed by atoms with Crippen molar-refractivity contribution in [2.75, 3.05) is 13.1 Å². The van der Waals surface area contributed by atoms with Gasteiger partial charge in [0.05, 0.1) is 0 Å². The molecule has 1 saturated heterocycles. The third-order valence-corrected chi connectivity index (χ3v) is 7.25. The average molecular weight is 468 g/mol. The van der Waals surface area contributed by atoms with E-state index in [9.17, 15) is 4.79 Å². The second-order valence-corrected chi connectivity index (χ2v) is 8.97. The highest BCUT2D eigenvalue weighted by Crippen LogP contribution is 2.42. The molecule has 1 aliphatic heterocycles. The number of rotatable bonds is 3. The van der Waals surface area contributed by atoms with E-state index in [1.54, 1.807) is 6.20 Å². The minimum absolute atomic E-state index is 0.